The molecule has 0 saturated heterocycles. The van der Waals surface area contributed by atoms with Gasteiger partial charge in [-0.1, -0.05) is 0 Å². The van der Waals surface area contributed by atoms with Gasteiger partial charge in [0, 0.05) is 25.8 Å². The van der Waals surface area contributed by atoms with E-state index >= 15 is 0 Å². The van der Waals surface area contributed by atoms with Crippen LogP contribution in [-0.4, -0.2) is 26.3 Å². The van der Waals surface area contributed by atoms with Crippen molar-refractivity contribution in [3.63, 3.8) is 0 Å². The molecular formula is C12H18BrFN2O. The van der Waals surface area contributed by atoms with E-state index in [1.165, 1.54) is 6.07 Å². The van der Waals surface area contributed by atoms with Crippen molar-refractivity contribution >= 4 is 27.3 Å². The molecule has 0 heterocycles. The van der Waals surface area contributed by atoms with E-state index in [0.29, 0.717) is 22.5 Å². The van der Waals surface area contributed by atoms with Crippen LogP contribution in [0.25, 0.3) is 0 Å². The van der Waals surface area contributed by atoms with Gasteiger partial charge >= 0.3 is 0 Å². The van der Waals surface area contributed by atoms with E-state index in [9.17, 15) is 4.39 Å². The van der Waals surface area contributed by atoms with Gasteiger partial charge in [-0.15, -0.1) is 0 Å². The SMILES string of the molecule is CCN(c1cc(F)c(Br)cc1N)C(C)COC. The van der Waals surface area contributed by atoms with Gasteiger partial charge in [0.15, 0.2) is 0 Å². The van der Waals surface area contributed by atoms with Gasteiger partial charge in [0.1, 0.15) is 5.82 Å². The van der Waals surface area contributed by atoms with Crippen LogP contribution in [0.15, 0.2) is 16.6 Å². The van der Waals surface area contributed by atoms with Crippen molar-refractivity contribution in [1.29, 1.82) is 0 Å². The van der Waals surface area contributed by atoms with Crippen LogP contribution < -0.4 is 10.6 Å². The second-order valence-electron chi connectivity index (χ2n) is 3.92. The van der Waals surface area contributed by atoms with Gasteiger partial charge in [-0.05, 0) is 35.8 Å². The van der Waals surface area contributed by atoms with Crippen molar-refractivity contribution in [3.8, 4) is 0 Å². The van der Waals surface area contributed by atoms with E-state index < -0.39 is 0 Å². The zero-order chi connectivity index (χ0) is 13.0. The lowest BCUT2D eigenvalue weighted by Gasteiger charge is -2.30. The van der Waals surface area contributed by atoms with Gasteiger partial charge < -0.3 is 15.4 Å². The Labute approximate surface area is 110 Å². The molecule has 0 fully saturated rings. The van der Waals surface area contributed by atoms with Crippen LogP contribution in [0.4, 0.5) is 15.8 Å². The molecule has 0 amide bonds. The number of nitrogen functional groups attached to an aromatic ring is 1. The summed E-state index contributed by atoms with van der Waals surface area (Å²) in [5.41, 5.74) is 7.19. The molecule has 0 radical (unpaired) electrons. The van der Waals surface area contributed by atoms with Crippen LogP contribution in [0.5, 0.6) is 0 Å². The summed E-state index contributed by atoms with van der Waals surface area (Å²) >= 11 is 3.12. The number of benzene rings is 1. The Kier molecular flexibility index (Phi) is 5.21. The summed E-state index contributed by atoms with van der Waals surface area (Å²) in [7, 11) is 1.65. The van der Waals surface area contributed by atoms with Crippen molar-refractivity contribution in [2.24, 2.45) is 0 Å². The van der Waals surface area contributed by atoms with Crippen molar-refractivity contribution in [3.05, 3.63) is 22.4 Å². The number of hydrogen-bond donors (Lipinski definition) is 1. The molecule has 1 rings (SSSR count). The number of hydrogen-bond acceptors (Lipinski definition) is 3. The Morgan fingerprint density at radius 2 is 2.18 bits per heavy atom. The monoisotopic (exact) mass is 304 g/mol. The number of nitrogens with zero attached hydrogens (tertiary/aromatic N) is 1. The van der Waals surface area contributed by atoms with Crippen LogP contribution in [-0.2, 0) is 4.74 Å². The van der Waals surface area contributed by atoms with Crippen LogP contribution in [0.2, 0.25) is 0 Å². The van der Waals surface area contributed by atoms with Gasteiger partial charge in [0.25, 0.3) is 0 Å². The third-order valence-electron chi connectivity index (χ3n) is 2.66. The molecule has 0 spiro atoms. The van der Waals surface area contributed by atoms with E-state index in [-0.39, 0.29) is 11.9 Å². The molecule has 1 aromatic carbocycles. The number of anilines is 2. The fraction of sp³-hybridized carbons (Fsp3) is 0.500. The Hall–Kier alpha value is -0.810. The quantitative estimate of drug-likeness (QED) is 0.850. The predicted molar refractivity (Wildman–Crippen MR) is 72.9 cm³/mol. The van der Waals surface area contributed by atoms with E-state index in [2.05, 4.69) is 15.9 Å². The molecule has 5 heteroatoms. The number of ether oxygens (including phenoxy) is 1. The Morgan fingerprint density at radius 3 is 2.71 bits per heavy atom. The molecular weight excluding hydrogens is 287 g/mol. The maximum Gasteiger partial charge on any atom is 0.139 e. The second kappa shape index (κ2) is 6.21. The van der Waals surface area contributed by atoms with Crippen molar-refractivity contribution in [1.82, 2.24) is 0 Å². The summed E-state index contributed by atoms with van der Waals surface area (Å²) in [5.74, 6) is -0.308. The van der Waals surface area contributed by atoms with Gasteiger partial charge in [-0.3, -0.25) is 0 Å². The number of likely N-dealkylation sites (N-methyl/N-ethyl adjacent to an activating group) is 1. The number of halogens is 2. The van der Waals surface area contributed by atoms with Gasteiger partial charge in [-0.25, -0.2) is 4.39 Å². The Morgan fingerprint density at radius 1 is 1.53 bits per heavy atom. The largest absolute Gasteiger partial charge is 0.397 e. The predicted octanol–water partition coefficient (Wildman–Crippen LogP) is 3.03. The number of methoxy groups -OCH3 is 1. The Bertz CT molecular complexity index is 387. The maximum absolute atomic E-state index is 13.5. The molecule has 0 saturated carbocycles. The molecule has 0 aliphatic rings. The lowest BCUT2D eigenvalue weighted by atomic mass is 10.2. The summed E-state index contributed by atoms with van der Waals surface area (Å²) in [6.07, 6.45) is 0. The van der Waals surface area contributed by atoms with E-state index in [4.69, 9.17) is 10.5 Å². The normalized spacial score (nSPS) is 12.5. The molecule has 17 heavy (non-hydrogen) atoms. The first-order valence-corrected chi connectivity index (χ1v) is 6.30. The van der Waals surface area contributed by atoms with Gasteiger partial charge in [0.05, 0.1) is 22.5 Å². The summed E-state index contributed by atoms with van der Waals surface area (Å²) < 4.78 is 19.0. The van der Waals surface area contributed by atoms with E-state index in [1.54, 1.807) is 13.2 Å². The minimum Gasteiger partial charge on any atom is -0.397 e. The summed E-state index contributed by atoms with van der Waals surface area (Å²) in [6, 6.07) is 3.19. The highest BCUT2D eigenvalue weighted by atomic mass is 79.9. The minimum absolute atomic E-state index is 0.146. The van der Waals surface area contributed by atoms with Crippen LogP contribution in [0.1, 0.15) is 13.8 Å². The van der Waals surface area contributed by atoms with Crippen LogP contribution in [0, 0.1) is 5.82 Å². The highest BCUT2D eigenvalue weighted by Crippen LogP contribution is 2.30. The summed E-state index contributed by atoms with van der Waals surface area (Å²) in [5, 5.41) is 0. The smallest absolute Gasteiger partial charge is 0.139 e. The summed E-state index contributed by atoms with van der Waals surface area (Å²) in [6.45, 7) is 5.35. The topological polar surface area (TPSA) is 38.5 Å². The fourth-order valence-corrected chi connectivity index (χ4v) is 2.21. The standard InChI is InChI=1S/C12H18BrFN2O/c1-4-16(8(2)7-17-3)12-6-10(14)9(13)5-11(12)15/h5-6,8H,4,7,15H2,1-3H3. The first-order chi connectivity index (χ1) is 8.01. The third-order valence-corrected chi connectivity index (χ3v) is 3.27. The molecule has 3 nitrogen and oxygen atoms in total. The molecule has 0 aromatic heterocycles. The maximum atomic E-state index is 13.5. The van der Waals surface area contributed by atoms with Crippen LogP contribution >= 0.6 is 15.9 Å². The lowest BCUT2D eigenvalue weighted by Crippen LogP contribution is -2.36. The molecule has 1 unspecified atom stereocenters. The average molecular weight is 305 g/mol. The molecule has 96 valence electrons. The first kappa shape index (κ1) is 14.3. The number of rotatable bonds is 5. The highest BCUT2D eigenvalue weighted by Gasteiger charge is 2.17. The van der Waals surface area contributed by atoms with E-state index in [1.807, 2.05) is 18.7 Å². The van der Waals surface area contributed by atoms with Gasteiger partial charge in [-0.2, -0.15) is 0 Å². The highest BCUT2D eigenvalue weighted by molar-refractivity contribution is 9.10. The van der Waals surface area contributed by atoms with Crippen molar-refractivity contribution in [2.45, 2.75) is 19.9 Å². The van der Waals surface area contributed by atoms with E-state index in [0.717, 1.165) is 6.54 Å². The molecule has 2 N–H and O–H groups in total. The van der Waals surface area contributed by atoms with Crippen LogP contribution in [0.3, 0.4) is 0 Å². The first-order valence-electron chi connectivity index (χ1n) is 5.51. The zero-order valence-corrected chi connectivity index (χ0v) is 11.9. The van der Waals surface area contributed by atoms with Crippen molar-refractivity contribution < 1.29 is 9.13 Å². The average Bonchev–Trinajstić information content (AvgIpc) is 2.26. The lowest BCUT2D eigenvalue weighted by molar-refractivity contribution is 0.182. The molecule has 0 aliphatic carbocycles. The van der Waals surface area contributed by atoms with Gasteiger partial charge in [0.2, 0.25) is 0 Å². The Balaban J connectivity index is 3.07. The minimum atomic E-state index is -0.308. The second-order valence-corrected chi connectivity index (χ2v) is 4.77. The fourth-order valence-electron chi connectivity index (χ4n) is 1.85. The molecule has 0 bridgehead atoms. The van der Waals surface area contributed by atoms with Crippen molar-refractivity contribution in [2.75, 3.05) is 30.9 Å². The third kappa shape index (κ3) is 3.33. The number of nitrogens with two attached hydrogens (primary N) is 1. The molecule has 1 aromatic rings. The molecule has 1 atom stereocenters. The zero-order valence-electron chi connectivity index (χ0n) is 10.3. The summed E-state index contributed by atoms with van der Waals surface area (Å²) in [4.78, 5) is 2.02. The molecule has 0 aliphatic heterocycles.